The summed E-state index contributed by atoms with van der Waals surface area (Å²) in [6, 6.07) is 0.0812. The third-order valence-corrected chi connectivity index (χ3v) is 4.44. The first-order chi connectivity index (χ1) is 8.69. The standard InChI is InChI=1S/C13H24N2O3/c1-11(14-12(17)10-16)13(4-2-3-5-13)15-6-8-18-9-7-15/h11,16H,2-10H2,1H3,(H,14,17). The topological polar surface area (TPSA) is 61.8 Å². The molecule has 104 valence electrons. The highest BCUT2D eigenvalue weighted by atomic mass is 16.5. The molecule has 0 aromatic rings. The lowest BCUT2D eigenvalue weighted by molar-refractivity contribution is -0.126. The first kappa shape index (κ1) is 13.8. The van der Waals surface area contributed by atoms with Crippen molar-refractivity contribution in [1.82, 2.24) is 10.2 Å². The van der Waals surface area contributed by atoms with E-state index in [1.165, 1.54) is 12.8 Å². The predicted octanol–water partition coefficient (Wildman–Crippen LogP) is 0.128. The highest BCUT2D eigenvalue weighted by Crippen LogP contribution is 2.38. The molecule has 0 bridgehead atoms. The lowest BCUT2D eigenvalue weighted by Gasteiger charge is -2.47. The second kappa shape index (κ2) is 5.99. The van der Waals surface area contributed by atoms with Crippen LogP contribution in [0.15, 0.2) is 0 Å². The number of rotatable bonds is 4. The molecule has 2 rings (SSSR count). The van der Waals surface area contributed by atoms with Gasteiger partial charge in [0.15, 0.2) is 0 Å². The maximum atomic E-state index is 11.4. The Morgan fingerprint density at radius 1 is 1.39 bits per heavy atom. The molecule has 1 saturated heterocycles. The fraction of sp³-hybridized carbons (Fsp3) is 0.923. The highest BCUT2D eigenvalue weighted by molar-refractivity contribution is 5.77. The van der Waals surface area contributed by atoms with Gasteiger partial charge >= 0.3 is 0 Å². The molecule has 1 saturated carbocycles. The minimum absolute atomic E-state index is 0.0641. The maximum absolute atomic E-state index is 11.4. The van der Waals surface area contributed by atoms with Crippen molar-refractivity contribution in [3.8, 4) is 0 Å². The molecule has 2 fully saturated rings. The normalized spacial score (nSPS) is 25.9. The number of carbonyl (C=O) groups excluding carboxylic acids is 1. The van der Waals surface area contributed by atoms with Crippen molar-refractivity contribution in [1.29, 1.82) is 0 Å². The number of aliphatic hydroxyl groups is 1. The monoisotopic (exact) mass is 256 g/mol. The van der Waals surface area contributed by atoms with Crippen LogP contribution in [-0.2, 0) is 9.53 Å². The Hall–Kier alpha value is -0.650. The van der Waals surface area contributed by atoms with Gasteiger partial charge in [0.25, 0.3) is 0 Å². The van der Waals surface area contributed by atoms with Crippen LogP contribution >= 0.6 is 0 Å². The fourth-order valence-electron chi connectivity index (χ4n) is 3.44. The molecule has 0 spiro atoms. The molecule has 1 unspecified atom stereocenters. The van der Waals surface area contributed by atoms with Gasteiger partial charge in [0.2, 0.25) is 5.91 Å². The van der Waals surface area contributed by atoms with Crippen LogP contribution < -0.4 is 5.32 Å². The molecule has 1 heterocycles. The second-order valence-corrected chi connectivity index (χ2v) is 5.36. The van der Waals surface area contributed by atoms with Gasteiger partial charge in [-0.25, -0.2) is 0 Å². The average molecular weight is 256 g/mol. The molecule has 2 N–H and O–H groups in total. The number of morpholine rings is 1. The van der Waals surface area contributed by atoms with Crippen molar-refractivity contribution >= 4 is 5.91 Å². The Kier molecular flexibility index (Phi) is 4.59. The van der Waals surface area contributed by atoms with Gasteiger partial charge in [0.1, 0.15) is 6.61 Å². The van der Waals surface area contributed by atoms with Crippen molar-refractivity contribution in [2.45, 2.75) is 44.2 Å². The van der Waals surface area contributed by atoms with E-state index < -0.39 is 6.61 Å². The predicted molar refractivity (Wildman–Crippen MR) is 68.3 cm³/mol. The molecule has 0 aromatic heterocycles. The van der Waals surface area contributed by atoms with Crippen molar-refractivity contribution in [3.63, 3.8) is 0 Å². The highest BCUT2D eigenvalue weighted by Gasteiger charge is 2.44. The van der Waals surface area contributed by atoms with E-state index in [1.54, 1.807) is 0 Å². The summed E-state index contributed by atoms with van der Waals surface area (Å²) in [6.45, 7) is 5.08. The lowest BCUT2D eigenvalue weighted by atomic mass is 9.86. The van der Waals surface area contributed by atoms with Crippen LogP contribution in [0, 0.1) is 0 Å². The van der Waals surface area contributed by atoms with Gasteiger partial charge in [-0.05, 0) is 19.8 Å². The fourth-order valence-corrected chi connectivity index (χ4v) is 3.44. The summed E-state index contributed by atoms with van der Waals surface area (Å²) in [7, 11) is 0. The van der Waals surface area contributed by atoms with Crippen LogP contribution in [0.5, 0.6) is 0 Å². The average Bonchev–Trinajstić information content (AvgIpc) is 2.90. The number of ether oxygens (including phenoxy) is 1. The Morgan fingerprint density at radius 3 is 2.56 bits per heavy atom. The molecule has 18 heavy (non-hydrogen) atoms. The molecule has 1 aliphatic carbocycles. The van der Waals surface area contributed by atoms with E-state index in [0.29, 0.717) is 0 Å². The van der Waals surface area contributed by atoms with Crippen LogP contribution in [0.3, 0.4) is 0 Å². The van der Waals surface area contributed by atoms with Gasteiger partial charge in [-0.2, -0.15) is 0 Å². The van der Waals surface area contributed by atoms with E-state index in [-0.39, 0.29) is 17.5 Å². The van der Waals surface area contributed by atoms with Gasteiger partial charge in [-0.1, -0.05) is 12.8 Å². The van der Waals surface area contributed by atoms with Crippen molar-refractivity contribution < 1.29 is 14.6 Å². The van der Waals surface area contributed by atoms with Gasteiger partial charge in [-0.15, -0.1) is 0 Å². The molecular weight excluding hydrogens is 232 g/mol. The minimum atomic E-state index is -0.427. The van der Waals surface area contributed by atoms with E-state index in [9.17, 15) is 4.79 Å². The molecule has 1 atom stereocenters. The summed E-state index contributed by atoms with van der Waals surface area (Å²) in [4.78, 5) is 13.9. The lowest BCUT2D eigenvalue weighted by Crippen LogP contribution is -2.62. The maximum Gasteiger partial charge on any atom is 0.245 e. The van der Waals surface area contributed by atoms with Gasteiger partial charge < -0.3 is 15.2 Å². The van der Waals surface area contributed by atoms with Crippen LogP contribution in [-0.4, -0.2) is 60.4 Å². The number of nitrogens with one attached hydrogen (secondary N) is 1. The number of hydrogen-bond donors (Lipinski definition) is 2. The van der Waals surface area contributed by atoms with Crippen molar-refractivity contribution in [3.05, 3.63) is 0 Å². The third kappa shape index (κ3) is 2.68. The van der Waals surface area contributed by atoms with E-state index >= 15 is 0 Å². The van der Waals surface area contributed by atoms with Crippen LogP contribution in [0.4, 0.5) is 0 Å². The molecule has 5 heteroatoms. The Balaban J connectivity index is 2.07. The Labute approximate surface area is 108 Å². The molecule has 0 radical (unpaired) electrons. The van der Waals surface area contributed by atoms with Crippen LogP contribution in [0.1, 0.15) is 32.6 Å². The zero-order valence-electron chi connectivity index (χ0n) is 11.2. The Bertz CT molecular complexity index is 284. The third-order valence-electron chi connectivity index (χ3n) is 4.44. The quantitative estimate of drug-likeness (QED) is 0.750. The molecule has 5 nitrogen and oxygen atoms in total. The summed E-state index contributed by atoms with van der Waals surface area (Å²) >= 11 is 0. The molecule has 1 aliphatic heterocycles. The molecular formula is C13H24N2O3. The summed E-state index contributed by atoms with van der Waals surface area (Å²) in [5, 5.41) is 11.8. The summed E-state index contributed by atoms with van der Waals surface area (Å²) < 4.78 is 5.42. The van der Waals surface area contributed by atoms with Gasteiger partial charge in [0.05, 0.1) is 13.2 Å². The van der Waals surface area contributed by atoms with Crippen LogP contribution in [0.2, 0.25) is 0 Å². The van der Waals surface area contributed by atoms with Gasteiger partial charge in [-0.3, -0.25) is 9.69 Å². The number of amides is 1. The summed E-state index contributed by atoms with van der Waals surface area (Å²) in [5.74, 6) is -0.276. The first-order valence-corrected chi connectivity index (χ1v) is 6.92. The molecule has 1 amide bonds. The molecule has 2 aliphatic rings. The zero-order chi connectivity index (χ0) is 13.0. The number of hydrogen-bond acceptors (Lipinski definition) is 4. The first-order valence-electron chi connectivity index (χ1n) is 6.92. The molecule has 0 aromatic carbocycles. The largest absolute Gasteiger partial charge is 0.387 e. The smallest absolute Gasteiger partial charge is 0.245 e. The number of aliphatic hydroxyl groups excluding tert-OH is 1. The number of carbonyl (C=O) groups is 1. The van der Waals surface area contributed by atoms with Crippen molar-refractivity contribution in [2.75, 3.05) is 32.9 Å². The van der Waals surface area contributed by atoms with Crippen molar-refractivity contribution in [2.24, 2.45) is 0 Å². The second-order valence-electron chi connectivity index (χ2n) is 5.36. The van der Waals surface area contributed by atoms with E-state index in [4.69, 9.17) is 9.84 Å². The Morgan fingerprint density at radius 2 is 2.00 bits per heavy atom. The van der Waals surface area contributed by atoms with Gasteiger partial charge in [0, 0.05) is 24.7 Å². The minimum Gasteiger partial charge on any atom is -0.387 e. The van der Waals surface area contributed by atoms with Crippen LogP contribution in [0.25, 0.3) is 0 Å². The summed E-state index contributed by atoms with van der Waals surface area (Å²) in [6.07, 6.45) is 4.69. The van der Waals surface area contributed by atoms with E-state index in [2.05, 4.69) is 17.1 Å². The number of nitrogens with zero attached hydrogens (tertiary/aromatic N) is 1. The zero-order valence-corrected chi connectivity index (χ0v) is 11.2. The summed E-state index contributed by atoms with van der Waals surface area (Å²) in [5.41, 5.74) is 0.0641. The SMILES string of the molecule is CC(NC(=O)CO)C1(N2CCOCC2)CCCC1. The van der Waals surface area contributed by atoms with E-state index in [1.807, 2.05) is 0 Å². The van der Waals surface area contributed by atoms with E-state index in [0.717, 1.165) is 39.1 Å².